The molecule has 0 saturated heterocycles. The average molecular weight is 506 g/mol. The molecule has 0 unspecified atom stereocenters. The molecule has 30 heavy (non-hydrogen) atoms. The van der Waals surface area contributed by atoms with Crippen molar-refractivity contribution in [2.45, 2.75) is 6.42 Å². The molecular weight excluding hydrogens is 491 g/mol. The number of halogens is 3. The summed E-state index contributed by atoms with van der Waals surface area (Å²) in [6.07, 6.45) is 1.34. The Bertz CT molecular complexity index is 1130. The van der Waals surface area contributed by atoms with Crippen LogP contribution in [0.3, 0.4) is 0 Å². The smallest absolute Gasteiger partial charge is 0.257 e. The van der Waals surface area contributed by atoms with E-state index in [9.17, 15) is 9.59 Å². The standard InChI is InChI=1S/C21H15BrCl2N4O2/c22-13-7-16(21(30)28-19-6-5-14(23)10-27-19)15(17(24)8-13)9-18(29)11-1-3-12(4-2-11)20(25)26/h1-8,10H,9H2,(H3,25,26)(H,27,28,30). The van der Waals surface area contributed by atoms with Crippen molar-refractivity contribution in [2.75, 3.05) is 5.32 Å². The van der Waals surface area contributed by atoms with Gasteiger partial charge in [0, 0.05) is 38.8 Å². The molecule has 0 atom stereocenters. The number of nitrogens with two attached hydrogens (primary N) is 1. The first-order chi connectivity index (χ1) is 14.2. The van der Waals surface area contributed by atoms with Crippen LogP contribution in [0.4, 0.5) is 5.82 Å². The fourth-order valence-corrected chi connectivity index (χ4v) is 3.71. The van der Waals surface area contributed by atoms with Gasteiger partial charge in [0.1, 0.15) is 11.7 Å². The van der Waals surface area contributed by atoms with Crippen molar-refractivity contribution in [1.82, 2.24) is 4.98 Å². The van der Waals surface area contributed by atoms with Gasteiger partial charge in [0.2, 0.25) is 0 Å². The molecule has 9 heteroatoms. The van der Waals surface area contributed by atoms with Gasteiger partial charge in [-0.3, -0.25) is 15.0 Å². The molecule has 3 aromatic rings. The van der Waals surface area contributed by atoms with E-state index in [0.717, 1.165) is 0 Å². The van der Waals surface area contributed by atoms with Gasteiger partial charge in [0.25, 0.3) is 5.91 Å². The minimum Gasteiger partial charge on any atom is -0.384 e. The molecule has 4 N–H and O–H groups in total. The van der Waals surface area contributed by atoms with Crippen molar-refractivity contribution >= 4 is 62.5 Å². The second-order valence-corrected chi connectivity index (χ2v) is 8.08. The van der Waals surface area contributed by atoms with Crippen molar-refractivity contribution in [3.05, 3.63) is 91.5 Å². The number of anilines is 1. The Kier molecular flexibility index (Phi) is 6.87. The highest BCUT2D eigenvalue weighted by atomic mass is 79.9. The van der Waals surface area contributed by atoms with Gasteiger partial charge in [-0.2, -0.15) is 0 Å². The summed E-state index contributed by atoms with van der Waals surface area (Å²) in [6, 6.07) is 12.8. The summed E-state index contributed by atoms with van der Waals surface area (Å²) in [6.45, 7) is 0. The van der Waals surface area contributed by atoms with Crippen LogP contribution in [0.1, 0.15) is 31.8 Å². The normalized spacial score (nSPS) is 10.5. The summed E-state index contributed by atoms with van der Waals surface area (Å²) in [5, 5.41) is 10.8. The van der Waals surface area contributed by atoms with Crippen LogP contribution >= 0.6 is 39.1 Å². The number of benzene rings is 2. The molecule has 6 nitrogen and oxygen atoms in total. The zero-order valence-electron chi connectivity index (χ0n) is 15.4. The number of amides is 1. The van der Waals surface area contributed by atoms with Crippen LogP contribution in [0.15, 0.2) is 59.2 Å². The van der Waals surface area contributed by atoms with Crippen LogP contribution in [0.5, 0.6) is 0 Å². The summed E-state index contributed by atoms with van der Waals surface area (Å²) < 4.78 is 0.601. The zero-order valence-corrected chi connectivity index (χ0v) is 18.5. The first-order valence-electron chi connectivity index (χ1n) is 8.63. The monoisotopic (exact) mass is 504 g/mol. The van der Waals surface area contributed by atoms with Crippen LogP contribution in [-0.2, 0) is 6.42 Å². The van der Waals surface area contributed by atoms with Gasteiger partial charge >= 0.3 is 0 Å². The van der Waals surface area contributed by atoms with Crippen LogP contribution in [-0.4, -0.2) is 22.5 Å². The lowest BCUT2D eigenvalue weighted by Gasteiger charge is -2.13. The van der Waals surface area contributed by atoms with Crippen molar-refractivity contribution in [3.63, 3.8) is 0 Å². The summed E-state index contributed by atoms with van der Waals surface area (Å²) in [5.41, 5.74) is 7.03. The molecule has 152 valence electrons. The van der Waals surface area contributed by atoms with E-state index in [1.807, 2.05) is 0 Å². The Morgan fingerprint density at radius 1 is 1.07 bits per heavy atom. The summed E-state index contributed by atoms with van der Waals surface area (Å²) in [5.74, 6) is -0.451. The average Bonchev–Trinajstić information content (AvgIpc) is 2.71. The zero-order chi connectivity index (χ0) is 21.8. The lowest BCUT2D eigenvalue weighted by Crippen LogP contribution is -2.17. The van der Waals surface area contributed by atoms with E-state index in [-0.39, 0.29) is 28.6 Å². The maximum atomic E-state index is 12.8. The number of carbonyl (C=O) groups excluding carboxylic acids is 2. The number of carbonyl (C=O) groups is 2. The highest BCUT2D eigenvalue weighted by Gasteiger charge is 2.20. The van der Waals surface area contributed by atoms with Gasteiger partial charge in [-0.25, -0.2) is 4.98 Å². The summed E-state index contributed by atoms with van der Waals surface area (Å²) >= 11 is 15.5. The van der Waals surface area contributed by atoms with Crippen molar-refractivity contribution < 1.29 is 9.59 Å². The maximum Gasteiger partial charge on any atom is 0.257 e. The van der Waals surface area contributed by atoms with Crippen LogP contribution in [0.2, 0.25) is 10.0 Å². The minimum absolute atomic E-state index is 0.0810. The molecular formula is C21H15BrCl2N4O2. The first-order valence-corrected chi connectivity index (χ1v) is 10.2. The summed E-state index contributed by atoms with van der Waals surface area (Å²) in [7, 11) is 0. The molecule has 0 saturated carbocycles. The van der Waals surface area contributed by atoms with Crippen LogP contribution in [0, 0.1) is 5.41 Å². The van der Waals surface area contributed by atoms with Gasteiger partial charge in [-0.1, -0.05) is 63.4 Å². The lowest BCUT2D eigenvalue weighted by molar-refractivity contribution is 0.0992. The van der Waals surface area contributed by atoms with Gasteiger partial charge in [-0.05, 0) is 29.8 Å². The van der Waals surface area contributed by atoms with Gasteiger partial charge < -0.3 is 11.1 Å². The Hall–Kier alpha value is -2.74. The number of pyridine rings is 1. The van der Waals surface area contributed by atoms with E-state index in [1.54, 1.807) is 48.5 Å². The van der Waals surface area contributed by atoms with E-state index in [0.29, 0.717) is 32.0 Å². The number of Topliss-reactive ketones (excluding diaryl/α,β-unsaturated/α-hetero) is 1. The third-order valence-electron chi connectivity index (χ3n) is 4.23. The number of nitrogens with one attached hydrogen (secondary N) is 2. The number of hydrogen-bond acceptors (Lipinski definition) is 4. The van der Waals surface area contributed by atoms with E-state index in [2.05, 4.69) is 26.2 Å². The Morgan fingerprint density at radius 3 is 2.33 bits per heavy atom. The number of ketones is 1. The largest absolute Gasteiger partial charge is 0.384 e. The van der Waals surface area contributed by atoms with Gasteiger partial charge in [0.05, 0.1) is 5.02 Å². The maximum absolute atomic E-state index is 12.8. The Balaban J connectivity index is 1.88. The second kappa shape index (κ2) is 9.38. The number of nitrogens with zero attached hydrogens (tertiary/aromatic N) is 1. The SMILES string of the molecule is N=C(N)c1ccc(C(=O)Cc2c(Cl)cc(Br)cc2C(=O)Nc2ccc(Cl)cn2)cc1. The molecule has 0 aliphatic heterocycles. The number of nitrogen functional groups attached to an aromatic ring is 1. The number of aromatic nitrogens is 1. The number of hydrogen-bond donors (Lipinski definition) is 3. The molecule has 0 fully saturated rings. The highest BCUT2D eigenvalue weighted by molar-refractivity contribution is 9.10. The molecule has 0 radical (unpaired) electrons. The van der Waals surface area contributed by atoms with Gasteiger partial charge in [-0.15, -0.1) is 0 Å². The molecule has 0 aliphatic rings. The van der Waals surface area contributed by atoms with E-state index < -0.39 is 5.91 Å². The van der Waals surface area contributed by atoms with Crippen molar-refractivity contribution in [2.24, 2.45) is 5.73 Å². The molecule has 3 rings (SSSR count). The topological polar surface area (TPSA) is 109 Å². The molecule has 2 aromatic carbocycles. The molecule has 0 aliphatic carbocycles. The van der Waals surface area contributed by atoms with E-state index in [1.165, 1.54) is 6.20 Å². The molecule has 1 aromatic heterocycles. The number of amidine groups is 1. The number of rotatable bonds is 6. The van der Waals surface area contributed by atoms with E-state index >= 15 is 0 Å². The molecule has 0 bridgehead atoms. The third-order valence-corrected chi connectivity index (χ3v) is 5.25. The minimum atomic E-state index is -0.456. The Morgan fingerprint density at radius 2 is 1.73 bits per heavy atom. The highest BCUT2D eigenvalue weighted by Crippen LogP contribution is 2.28. The second-order valence-electron chi connectivity index (χ2n) is 6.32. The third kappa shape index (κ3) is 5.24. The lowest BCUT2D eigenvalue weighted by atomic mass is 9.97. The first kappa shape index (κ1) is 22.0. The molecule has 0 spiro atoms. The predicted molar refractivity (Wildman–Crippen MR) is 122 cm³/mol. The predicted octanol–water partition coefficient (Wildman–Crippen LogP) is 5.11. The fourth-order valence-electron chi connectivity index (χ4n) is 2.72. The molecule has 1 amide bonds. The van der Waals surface area contributed by atoms with Crippen molar-refractivity contribution in [1.29, 1.82) is 5.41 Å². The fraction of sp³-hybridized carbons (Fsp3) is 0.0476. The summed E-state index contributed by atoms with van der Waals surface area (Å²) in [4.78, 5) is 29.7. The van der Waals surface area contributed by atoms with Crippen LogP contribution < -0.4 is 11.1 Å². The molecule has 1 heterocycles. The Labute approximate surface area is 191 Å². The van der Waals surface area contributed by atoms with Crippen LogP contribution in [0.25, 0.3) is 0 Å². The quantitative estimate of drug-likeness (QED) is 0.245. The van der Waals surface area contributed by atoms with Crippen molar-refractivity contribution in [3.8, 4) is 0 Å². The van der Waals surface area contributed by atoms with Gasteiger partial charge in [0.15, 0.2) is 5.78 Å². The van der Waals surface area contributed by atoms with E-state index in [4.69, 9.17) is 34.3 Å².